The van der Waals surface area contributed by atoms with Crippen LogP contribution in [0.2, 0.25) is 0 Å². The Labute approximate surface area is 154 Å². The minimum atomic E-state index is -0.0773. The van der Waals surface area contributed by atoms with Crippen LogP contribution < -0.4 is 10.1 Å². The summed E-state index contributed by atoms with van der Waals surface area (Å²) in [6.45, 7) is 5.87. The van der Waals surface area contributed by atoms with Gasteiger partial charge in [0.2, 0.25) is 0 Å². The Hall–Kier alpha value is -3.16. The first kappa shape index (κ1) is 19.2. The fourth-order valence-electron chi connectivity index (χ4n) is 2.25. The average molecular weight is 346 g/mol. The van der Waals surface area contributed by atoms with Crippen LogP contribution in [0.1, 0.15) is 27.9 Å². The Balaban J connectivity index is 1.82. The molecule has 0 radical (unpaired) electrons. The van der Waals surface area contributed by atoms with E-state index in [-0.39, 0.29) is 5.78 Å². The van der Waals surface area contributed by atoms with Crippen molar-refractivity contribution in [3.8, 4) is 11.8 Å². The van der Waals surface area contributed by atoms with Gasteiger partial charge in [-0.15, -0.1) is 6.58 Å². The van der Waals surface area contributed by atoms with Crippen LogP contribution in [0, 0.1) is 11.3 Å². The predicted molar refractivity (Wildman–Crippen MR) is 103 cm³/mol. The molecule has 0 spiro atoms. The molecule has 4 heteroatoms. The highest BCUT2D eigenvalue weighted by Crippen LogP contribution is 2.16. The summed E-state index contributed by atoms with van der Waals surface area (Å²) in [5, 5.41) is 12.1. The minimum Gasteiger partial charge on any atom is -0.490 e. The standard InChI is InChI=1S/C22H22N2O2/c1-2-3-14-24-15-4-5-16-26-21-12-10-20(11-13-21)22(25)19-8-6-18(17-23)7-9-19/h2,4-13,24H,1,3,14-16H2/b5-4+. The SMILES string of the molecule is C=CCCNC/C=C/COc1ccc(C(=O)c2ccc(C#N)cc2)cc1. The maximum Gasteiger partial charge on any atom is 0.193 e. The molecule has 0 aliphatic carbocycles. The number of carbonyl (C=O) groups is 1. The molecule has 2 aromatic carbocycles. The van der Waals surface area contributed by atoms with E-state index in [1.54, 1.807) is 48.5 Å². The second-order valence-electron chi connectivity index (χ2n) is 5.61. The minimum absolute atomic E-state index is 0.0773. The van der Waals surface area contributed by atoms with Crippen LogP contribution in [0.5, 0.6) is 5.75 Å². The van der Waals surface area contributed by atoms with E-state index in [9.17, 15) is 4.79 Å². The molecule has 2 rings (SSSR count). The van der Waals surface area contributed by atoms with Crippen molar-refractivity contribution in [3.05, 3.63) is 90.0 Å². The third kappa shape index (κ3) is 6.04. The van der Waals surface area contributed by atoms with Gasteiger partial charge < -0.3 is 10.1 Å². The van der Waals surface area contributed by atoms with E-state index in [0.717, 1.165) is 19.5 Å². The fourth-order valence-corrected chi connectivity index (χ4v) is 2.25. The molecule has 132 valence electrons. The lowest BCUT2D eigenvalue weighted by atomic mass is 10.0. The molecule has 0 amide bonds. The van der Waals surface area contributed by atoms with Gasteiger partial charge in [0.15, 0.2) is 5.78 Å². The van der Waals surface area contributed by atoms with Gasteiger partial charge in [0.1, 0.15) is 12.4 Å². The molecule has 0 bridgehead atoms. The van der Waals surface area contributed by atoms with E-state index < -0.39 is 0 Å². The van der Waals surface area contributed by atoms with Gasteiger partial charge in [0.05, 0.1) is 11.6 Å². The van der Waals surface area contributed by atoms with Crippen LogP contribution in [0.4, 0.5) is 0 Å². The number of rotatable bonds is 10. The highest BCUT2D eigenvalue weighted by atomic mass is 16.5. The Bertz CT molecular complexity index is 784. The molecule has 0 heterocycles. The van der Waals surface area contributed by atoms with Crippen molar-refractivity contribution in [2.45, 2.75) is 6.42 Å². The van der Waals surface area contributed by atoms with Crippen molar-refractivity contribution >= 4 is 5.78 Å². The topological polar surface area (TPSA) is 62.1 Å². The van der Waals surface area contributed by atoms with Crippen molar-refractivity contribution in [1.82, 2.24) is 5.32 Å². The predicted octanol–water partition coefficient (Wildman–Crippen LogP) is 3.89. The van der Waals surface area contributed by atoms with Crippen LogP contribution in [0.3, 0.4) is 0 Å². The number of ketones is 1. The highest BCUT2D eigenvalue weighted by Gasteiger charge is 2.09. The largest absolute Gasteiger partial charge is 0.490 e. The lowest BCUT2D eigenvalue weighted by Crippen LogP contribution is -2.14. The van der Waals surface area contributed by atoms with Gasteiger partial charge in [-0.2, -0.15) is 5.26 Å². The van der Waals surface area contributed by atoms with Gasteiger partial charge >= 0.3 is 0 Å². The smallest absolute Gasteiger partial charge is 0.193 e. The zero-order valence-electron chi connectivity index (χ0n) is 14.7. The lowest BCUT2D eigenvalue weighted by Gasteiger charge is -2.05. The molecule has 0 aromatic heterocycles. The van der Waals surface area contributed by atoms with Gasteiger partial charge in [-0.1, -0.05) is 18.2 Å². The summed E-state index contributed by atoms with van der Waals surface area (Å²) in [4.78, 5) is 12.4. The zero-order valence-corrected chi connectivity index (χ0v) is 14.7. The molecular weight excluding hydrogens is 324 g/mol. The van der Waals surface area contributed by atoms with Crippen LogP contribution in [0.25, 0.3) is 0 Å². The first-order valence-electron chi connectivity index (χ1n) is 8.49. The van der Waals surface area contributed by atoms with Crippen LogP contribution in [-0.2, 0) is 0 Å². The van der Waals surface area contributed by atoms with Gasteiger partial charge in [-0.3, -0.25) is 4.79 Å². The Kier molecular flexibility index (Phi) is 7.85. The number of nitriles is 1. The van der Waals surface area contributed by atoms with Gasteiger partial charge in [-0.05, 0) is 61.5 Å². The number of benzene rings is 2. The van der Waals surface area contributed by atoms with Crippen LogP contribution in [0.15, 0.2) is 73.3 Å². The van der Waals surface area contributed by atoms with Crippen molar-refractivity contribution < 1.29 is 9.53 Å². The molecule has 0 saturated heterocycles. The Morgan fingerprint density at radius 1 is 1.08 bits per heavy atom. The molecule has 26 heavy (non-hydrogen) atoms. The maximum absolute atomic E-state index is 12.4. The van der Waals surface area contributed by atoms with E-state index in [1.807, 2.05) is 24.3 Å². The van der Waals surface area contributed by atoms with Gasteiger partial charge in [-0.25, -0.2) is 0 Å². The van der Waals surface area contributed by atoms with Crippen LogP contribution in [-0.4, -0.2) is 25.5 Å². The first-order chi connectivity index (χ1) is 12.7. The zero-order chi connectivity index (χ0) is 18.6. The Morgan fingerprint density at radius 2 is 1.73 bits per heavy atom. The van der Waals surface area contributed by atoms with Crippen molar-refractivity contribution in [2.24, 2.45) is 0 Å². The molecule has 0 aliphatic heterocycles. The number of ether oxygens (including phenoxy) is 1. The Morgan fingerprint density at radius 3 is 2.35 bits per heavy atom. The van der Waals surface area contributed by atoms with Crippen molar-refractivity contribution in [2.75, 3.05) is 19.7 Å². The summed E-state index contributed by atoms with van der Waals surface area (Å²) in [5.41, 5.74) is 1.68. The lowest BCUT2D eigenvalue weighted by molar-refractivity contribution is 0.103. The first-order valence-corrected chi connectivity index (χ1v) is 8.49. The second kappa shape index (κ2) is 10.7. The van der Waals surface area contributed by atoms with Crippen LogP contribution >= 0.6 is 0 Å². The number of nitrogens with one attached hydrogen (secondary N) is 1. The average Bonchev–Trinajstić information content (AvgIpc) is 2.70. The number of hydrogen-bond acceptors (Lipinski definition) is 4. The molecule has 1 N–H and O–H groups in total. The van der Waals surface area contributed by atoms with Gasteiger partial charge in [0.25, 0.3) is 0 Å². The summed E-state index contributed by atoms with van der Waals surface area (Å²) in [7, 11) is 0. The van der Waals surface area contributed by atoms with Crippen molar-refractivity contribution in [1.29, 1.82) is 5.26 Å². The van der Waals surface area contributed by atoms with Crippen molar-refractivity contribution in [3.63, 3.8) is 0 Å². The molecule has 0 unspecified atom stereocenters. The second-order valence-corrected chi connectivity index (χ2v) is 5.61. The summed E-state index contributed by atoms with van der Waals surface area (Å²) in [5.74, 6) is 0.636. The van der Waals surface area contributed by atoms with E-state index in [1.165, 1.54) is 0 Å². The molecule has 2 aromatic rings. The number of carbonyl (C=O) groups excluding carboxylic acids is 1. The van der Waals surface area contributed by atoms with E-state index in [2.05, 4.69) is 11.9 Å². The van der Waals surface area contributed by atoms with Gasteiger partial charge in [0, 0.05) is 17.7 Å². The molecule has 0 atom stereocenters. The summed E-state index contributed by atoms with van der Waals surface area (Å²) >= 11 is 0. The van der Waals surface area contributed by atoms with E-state index in [0.29, 0.717) is 29.0 Å². The molecule has 0 saturated carbocycles. The summed E-state index contributed by atoms with van der Waals surface area (Å²) in [6, 6.07) is 15.7. The highest BCUT2D eigenvalue weighted by molar-refractivity contribution is 6.09. The van der Waals surface area contributed by atoms with E-state index >= 15 is 0 Å². The summed E-state index contributed by atoms with van der Waals surface area (Å²) < 4.78 is 5.63. The van der Waals surface area contributed by atoms with E-state index in [4.69, 9.17) is 10.00 Å². The fraction of sp³-hybridized carbons (Fsp3) is 0.182. The normalized spacial score (nSPS) is 10.4. The third-order valence-electron chi connectivity index (χ3n) is 3.69. The molecule has 4 nitrogen and oxygen atoms in total. The molecule has 0 aliphatic rings. The quantitative estimate of drug-likeness (QED) is 0.403. The molecule has 0 fully saturated rings. The third-order valence-corrected chi connectivity index (χ3v) is 3.69. The summed E-state index contributed by atoms with van der Waals surface area (Å²) in [6.07, 6.45) is 6.82. The number of hydrogen-bond donors (Lipinski definition) is 1. The number of nitrogens with zero attached hydrogens (tertiary/aromatic N) is 1. The maximum atomic E-state index is 12.4. The molecular formula is C22H22N2O2. The monoisotopic (exact) mass is 346 g/mol.